The van der Waals surface area contributed by atoms with Crippen LogP contribution < -0.4 is 10.6 Å². The molecule has 20 heavy (non-hydrogen) atoms. The second-order valence-corrected chi connectivity index (χ2v) is 5.24. The average molecular weight is 276 g/mol. The van der Waals surface area contributed by atoms with Crippen molar-refractivity contribution in [3.63, 3.8) is 0 Å². The van der Waals surface area contributed by atoms with Crippen molar-refractivity contribution in [2.45, 2.75) is 39.7 Å². The minimum atomic E-state index is -0.0780. The van der Waals surface area contributed by atoms with Gasteiger partial charge in [-0.15, -0.1) is 0 Å². The van der Waals surface area contributed by atoms with Crippen LogP contribution in [0.1, 0.15) is 41.3 Å². The van der Waals surface area contributed by atoms with Gasteiger partial charge in [0.05, 0.1) is 0 Å². The molecule has 1 unspecified atom stereocenters. The molecular weight excluding hydrogens is 252 g/mol. The molecule has 4 nitrogen and oxygen atoms in total. The third kappa shape index (κ3) is 5.13. The first-order valence-corrected chi connectivity index (χ1v) is 6.98. The lowest BCUT2D eigenvalue weighted by Gasteiger charge is -2.11. The maximum absolute atomic E-state index is 12.1. The highest BCUT2D eigenvalue weighted by atomic mass is 16.2. The fraction of sp³-hybridized carbons (Fsp3) is 0.500. The van der Waals surface area contributed by atoms with Gasteiger partial charge in [-0.2, -0.15) is 0 Å². The molecule has 0 bridgehead atoms. The van der Waals surface area contributed by atoms with Crippen LogP contribution in [0.25, 0.3) is 0 Å². The molecule has 0 saturated heterocycles. The molecule has 2 N–H and O–H groups in total. The summed E-state index contributed by atoms with van der Waals surface area (Å²) in [5, 5.41) is 5.86. The van der Waals surface area contributed by atoms with E-state index < -0.39 is 0 Å². The average Bonchev–Trinajstić information content (AvgIpc) is 2.44. The first kappa shape index (κ1) is 16.4. The van der Waals surface area contributed by atoms with Gasteiger partial charge >= 0.3 is 0 Å². The molecule has 0 radical (unpaired) electrons. The molecule has 1 atom stereocenters. The molecular formula is C16H24N2O2. The van der Waals surface area contributed by atoms with Gasteiger partial charge in [-0.05, 0) is 39.4 Å². The highest BCUT2D eigenvalue weighted by molar-refractivity contribution is 5.99. The monoisotopic (exact) mass is 276 g/mol. The number of likely N-dealkylation sites (N-methyl/N-ethyl adjacent to an activating group) is 1. The van der Waals surface area contributed by atoms with Crippen LogP contribution in [0, 0.1) is 13.8 Å². The van der Waals surface area contributed by atoms with E-state index in [1.54, 1.807) is 0 Å². The Morgan fingerprint density at radius 2 is 1.90 bits per heavy atom. The normalized spacial score (nSPS) is 12.0. The molecule has 0 aliphatic rings. The fourth-order valence-electron chi connectivity index (χ4n) is 1.86. The quantitative estimate of drug-likeness (QED) is 0.749. The topological polar surface area (TPSA) is 58.2 Å². The predicted octanol–water partition coefficient (Wildman–Crippen LogP) is 1.99. The zero-order chi connectivity index (χ0) is 15.1. The van der Waals surface area contributed by atoms with E-state index in [0.717, 1.165) is 16.7 Å². The molecule has 4 heteroatoms. The maximum Gasteiger partial charge on any atom is 0.220 e. The Balaban J connectivity index is 2.47. The van der Waals surface area contributed by atoms with Crippen molar-refractivity contribution in [2.24, 2.45) is 0 Å². The summed E-state index contributed by atoms with van der Waals surface area (Å²) < 4.78 is 0. The number of Topliss-reactive ketones (excluding diaryl/α,β-unsaturated/α-hetero) is 1. The highest BCUT2D eigenvalue weighted by Gasteiger charge is 2.12. The lowest BCUT2D eigenvalue weighted by atomic mass is 9.99. The van der Waals surface area contributed by atoms with Crippen molar-refractivity contribution in [1.29, 1.82) is 0 Å². The van der Waals surface area contributed by atoms with E-state index in [9.17, 15) is 9.59 Å². The lowest BCUT2D eigenvalue weighted by molar-refractivity contribution is -0.121. The van der Waals surface area contributed by atoms with Crippen molar-refractivity contribution >= 4 is 11.7 Å². The molecule has 0 saturated carbocycles. The molecule has 0 aliphatic heterocycles. The molecule has 0 aliphatic carbocycles. The summed E-state index contributed by atoms with van der Waals surface area (Å²) in [6.07, 6.45) is 0.493. The van der Waals surface area contributed by atoms with E-state index in [4.69, 9.17) is 0 Å². The summed E-state index contributed by atoms with van der Waals surface area (Å²) in [6, 6.07) is 6.04. The summed E-state index contributed by atoms with van der Waals surface area (Å²) >= 11 is 0. The number of carbonyl (C=O) groups excluding carboxylic acids is 2. The molecule has 0 spiro atoms. The lowest BCUT2D eigenvalue weighted by Crippen LogP contribution is -2.37. The van der Waals surface area contributed by atoms with Crippen molar-refractivity contribution in [3.8, 4) is 0 Å². The molecule has 1 amide bonds. The van der Waals surface area contributed by atoms with Crippen molar-refractivity contribution in [3.05, 3.63) is 34.9 Å². The van der Waals surface area contributed by atoms with E-state index in [1.165, 1.54) is 0 Å². The Labute approximate surface area is 121 Å². The highest BCUT2D eigenvalue weighted by Crippen LogP contribution is 2.13. The molecule has 0 heterocycles. The first-order chi connectivity index (χ1) is 9.43. The van der Waals surface area contributed by atoms with Gasteiger partial charge in [-0.1, -0.05) is 17.7 Å². The molecule has 1 aromatic rings. The fourth-order valence-corrected chi connectivity index (χ4v) is 1.86. The SMILES string of the molecule is CNC(C)CNC(=O)CCC(=O)c1cc(C)ccc1C. The van der Waals surface area contributed by atoms with Crippen LogP contribution in [0.5, 0.6) is 0 Å². The van der Waals surface area contributed by atoms with E-state index >= 15 is 0 Å². The minimum absolute atomic E-state index is 0.0306. The number of amides is 1. The van der Waals surface area contributed by atoms with Crippen LogP contribution in [-0.2, 0) is 4.79 Å². The van der Waals surface area contributed by atoms with E-state index in [2.05, 4.69) is 10.6 Å². The first-order valence-electron chi connectivity index (χ1n) is 6.98. The van der Waals surface area contributed by atoms with Gasteiger partial charge in [-0.3, -0.25) is 9.59 Å². The summed E-state index contributed by atoms with van der Waals surface area (Å²) in [5.41, 5.74) is 2.75. The Hall–Kier alpha value is -1.68. The van der Waals surface area contributed by atoms with Crippen molar-refractivity contribution in [2.75, 3.05) is 13.6 Å². The van der Waals surface area contributed by atoms with Crippen LogP contribution in [0.15, 0.2) is 18.2 Å². The number of hydrogen-bond acceptors (Lipinski definition) is 3. The number of carbonyl (C=O) groups is 2. The number of rotatable bonds is 7. The Morgan fingerprint density at radius 1 is 1.20 bits per heavy atom. The van der Waals surface area contributed by atoms with Gasteiger partial charge < -0.3 is 10.6 Å². The third-order valence-electron chi connectivity index (χ3n) is 3.37. The van der Waals surface area contributed by atoms with Gasteiger partial charge in [0.25, 0.3) is 0 Å². The largest absolute Gasteiger partial charge is 0.355 e. The Bertz CT molecular complexity index is 483. The van der Waals surface area contributed by atoms with Crippen LogP contribution in [-0.4, -0.2) is 31.3 Å². The van der Waals surface area contributed by atoms with Crippen molar-refractivity contribution in [1.82, 2.24) is 10.6 Å². The molecule has 0 aromatic heterocycles. The molecule has 1 aromatic carbocycles. The number of nitrogens with one attached hydrogen (secondary N) is 2. The van der Waals surface area contributed by atoms with Crippen LogP contribution in [0.3, 0.4) is 0 Å². The zero-order valence-electron chi connectivity index (χ0n) is 12.7. The van der Waals surface area contributed by atoms with Crippen molar-refractivity contribution < 1.29 is 9.59 Å². The number of benzene rings is 1. The predicted molar refractivity (Wildman–Crippen MR) is 81.0 cm³/mol. The van der Waals surface area contributed by atoms with Crippen LogP contribution >= 0.6 is 0 Å². The second kappa shape index (κ2) is 7.80. The summed E-state index contributed by atoms with van der Waals surface area (Å²) in [4.78, 5) is 23.8. The number of ketones is 1. The van der Waals surface area contributed by atoms with Gasteiger partial charge in [0.2, 0.25) is 5.91 Å². The van der Waals surface area contributed by atoms with Gasteiger partial charge in [0, 0.05) is 31.0 Å². The molecule has 1 rings (SSSR count). The van der Waals surface area contributed by atoms with Crippen LogP contribution in [0.2, 0.25) is 0 Å². The standard InChI is InChI=1S/C16H24N2O2/c1-11-5-6-12(2)14(9-11)15(19)7-8-16(20)18-10-13(3)17-4/h5-6,9,13,17H,7-8,10H2,1-4H3,(H,18,20). The summed E-state index contributed by atoms with van der Waals surface area (Å²) in [5.74, 6) is -0.0474. The third-order valence-corrected chi connectivity index (χ3v) is 3.37. The minimum Gasteiger partial charge on any atom is -0.355 e. The maximum atomic E-state index is 12.1. The summed E-state index contributed by atoms with van der Waals surface area (Å²) in [6.45, 7) is 6.44. The Kier molecular flexibility index (Phi) is 6.39. The Morgan fingerprint density at radius 3 is 2.55 bits per heavy atom. The van der Waals surface area contributed by atoms with Crippen LogP contribution in [0.4, 0.5) is 0 Å². The van der Waals surface area contributed by atoms with E-state index in [1.807, 2.05) is 46.0 Å². The van der Waals surface area contributed by atoms with E-state index in [-0.39, 0.29) is 30.6 Å². The van der Waals surface area contributed by atoms with Gasteiger partial charge in [-0.25, -0.2) is 0 Å². The number of aryl methyl sites for hydroxylation is 2. The second-order valence-electron chi connectivity index (χ2n) is 5.24. The molecule has 0 fully saturated rings. The van der Waals surface area contributed by atoms with Gasteiger partial charge in [0.15, 0.2) is 5.78 Å². The number of hydrogen-bond donors (Lipinski definition) is 2. The summed E-state index contributed by atoms with van der Waals surface area (Å²) in [7, 11) is 1.85. The van der Waals surface area contributed by atoms with Gasteiger partial charge in [0.1, 0.15) is 0 Å². The van der Waals surface area contributed by atoms with E-state index in [0.29, 0.717) is 6.54 Å². The zero-order valence-corrected chi connectivity index (χ0v) is 12.7. The smallest absolute Gasteiger partial charge is 0.220 e. The molecule has 110 valence electrons.